The molecule has 0 saturated carbocycles. The van der Waals surface area contributed by atoms with Gasteiger partial charge in [-0.05, 0) is 13.8 Å². The van der Waals surface area contributed by atoms with E-state index in [4.69, 9.17) is 9.84 Å². The summed E-state index contributed by atoms with van der Waals surface area (Å²) in [5.41, 5.74) is -0.287. The normalized spacial score (nSPS) is 37.1. The highest BCUT2D eigenvalue weighted by Gasteiger charge is 2.33. The van der Waals surface area contributed by atoms with Crippen LogP contribution in [0.5, 0.6) is 0 Å². The van der Waals surface area contributed by atoms with Gasteiger partial charge >= 0.3 is 0 Å². The van der Waals surface area contributed by atoms with Gasteiger partial charge in [0.2, 0.25) is 0 Å². The number of rotatable bonds is 1. The van der Waals surface area contributed by atoms with Crippen LogP contribution in [0, 0.1) is 0 Å². The van der Waals surface area contributed by atoms with Gasteiger partial charge in [0.15, 0.2) is 0 Å². The molecule has 66 valence electrons. The zero-order valence-electron chi connectivity index (χ0n) is 7.08. The van der Waals surface area contributed by atoms with Crippen molar-refractivity contribution in [1.29, 1.82) is 0 Å². The predicted octanol–water partition coefficient (Wildman–Crippen LogP) is 0.297. The molecule has 0 bridgehead atoms. The van der Waals surface area contributed by atoms with E-state index in [0.29, 0.717) is 12.8 Å². The second kappa shape index (κ2) is 3.09. The van der Waals surface area contributed by atoms with Gasteiger partial charge < -0.3 is 14.9 Å². The fourth-order valence-corrected chi connectivity index (χ4v) is 1.61. The molecule has 11 heavy (non-hydrogen) atoms. The Kier molecular flexibility index (Phi) is 2.52. The van der Waals surface area contributed by atoms with Crippen LogP contribution in [0.1, 0.15) is 26.7 Å². The lowest BCUT2D eigenvalue weighted by Gasteiger charge is -2.37. The Morgan fingerprint density at radius 3 is 2.64 bits per heavy atom. The lowest BCUT2D eigenvalue weighted by atomic mass is 9.93. The Bertz CT molecular complexity index is 133. The van der Waals surface area contributed by atoms with Gasteiger partial charge in [0.05, 0.1) is 24.4 Å². The number of ether oxygens (including phenoxy) is 1. The molecule has 3 heteroatoms. The van der Waals surface area contributed by atoms with E-state index in [1.807, 2.05) is 13.8 Å². The highest BCUT2D eigenvalue weighted by Crippen LogP contribution is 2.27. The molecule has 0 spiro atoms. The third-order valence-corrected chi connectivity index (χ3v) is 1.95. The molecule has 1 heterocycles. The molecule has 1 aliphatic heterocycles. The van der Waals surface area contributed by atoms with Crippen molar-refractivity contribution < 1.29 is 14.9 Å². The average molecular weight is 160 g/mol. The number of hydrogen-bond donors (Lipinski definition) is 2. The molecule has 0 radical (unpaired) electrons. The first-order valence-corrected chi connectivity index (χ1v) is 4.00. The van der Waals surface area contributed by atoms with E-state index in [1.54, 1.807) is 0 Å². The maximum absolute atomic E-state index is 9.36. The summed E-state index contributed by atoms with van der Waals surface area (Å²) in [6, 6.07) is 0. The van der Waals surface area contributed by atoms with Crippen molar-refractivity contribution in [3.8, 4) is 0 Å². The van der Waals surface area contributed by atoms with E-state index in [1.165, 1.54) is 0 Å². The number of hydrogen-bond acceptors (Lipinski definition) is 3. The first-order valence-electron chi connectivity index (χ1n) is 4.00. The lowest BCUT2D eigenvalue weighted by molar-refractivity contribution is -0.155. The second-order valence-corrected chi connectivity index (χ2v) is 3.78. The summed E-state index contributed by atoms with van der Waals surface area (Å²) in [7, 11) is 0. The highest BCUT2D eigenvalue weighted by molar-refractivity contribution is 4.82. The minimum atomic E-state index is -0.323. The number of aliphatic hydroxyl groups is 2. The molecule has 2 N–H and O–H groups in total. The van der Waals surface area contributed by atoms with Crippen LogP contribution in [0.4, 0.5) is 0 Å². The fourth-order valence-electron chi connectivity index (χ4n) is 1.61. The van der Waals surface area contributed by atoms with Crippen LogP contribution in [-0.4, -0.2) is 34.6 Å². The van der Waals surface area contributed by atoms with Crippen molar-refractivity contribution in [2.45, 2.75) is 44.5 Å². The maximum Gasteiger partial charge on any atom is 0.0837 e. The lowest BCUT2D eigenvalue weighted by Crippen LogP contribution is -2.43. The zero-order chi connectivity index (χ0) is 8.48. The molecule has 1 fully saturated rings. The van der Waals surface area contributed by atoms with E-state index >= 15 is 0 Å². The first-order chi connectivity index (χ1) is 5.03. The zero-order valence-corrected chi connectivity index (χ0v) is 7.08. The first kappa shape index (κ1) is 8.97. The third-order valence-electron chi connectivity index (χ3n) is 1.95. The van der Waals surface area contributed by atoms with Crippen molar-refractivity contribution in [3.63, 3.8) is 0 Å². The topological polar surface area (TPSA) is 49.7 Å². The summed E-state index contributed by atoms with van der Waals surface area (Å²) >= 11 is 0. The van der Waals surface area contributed by atoms with Crippen LogP contribution in [0.25, 0.3) is 0 Å². The van der Waals surface area contributed by atoms with Gasteiger partial charge in [0, 0.05) is 12.8 Å². The summed E-state index contributed by atoms with van der Waals surface area (Å²) in [6.07, 6.45) is 0.702. The van der Waals surface area contributed by atoms with E-state index < -0.39 is 0 Å². The molecular formula is C8H16O3. The van der Waals surface area contributed by atoms with E-state index in [0.717, 1.165) is 0 Å². The second-order valence-electron chi connectivity index (χ2n) is 3.78. The molecule has 3 nitrogen and oxygen atoms in total. The Morgan fingerprint density at radius 1 is 1.55 bits per heavy atom. The fraction of sp³-hybridized carbons (Fsp3) is 1.00. The SMILES string of the molecule is CC1(C)CC(O)CC(CO)O1. The molecule has 0 aromatic heterocycles. The van der Waals surface area contributed by atoms with Gasteiger partial charge in [-0.2, -0.15) is 0 Å². The number of aliphatic hydroxyl groups excluding tert-OH is 2. The average Bonchev–Trinajstić information content (AvgIpc) is 1.83. The van der Waals surface area contributed by atoms with Crippen molar-refractivity contribution in [3.05, 3.63) is 0 Å². The van der Waals surface area contributed by atoms with Gasteiger partial charge in [-0.15, -0.1) is 0 Å². The largest absolute Gasteiger partial charge is 0.394 e. The van der Waals surface area contributed by atoms with E-state index in [-0.39, 0.29) is 24.4 Å². The Balaban J connectivity index is 2.51. The van der Waals surface area contributed by atoms with Crippen molar-refractivity contribution in [2.24, 2.45) is 0 Å². The molecule has 2 unspecified atom stereocenters. The Hall–Kier alpha value is -0.120. The molecule has 1 saturated heterocycles. The molecule has 0 aromatic carbocycles. The van der Waals surface area contributed by atoms with Gasteiger partial charge in [-0.3, -0.25) is 0 Å². The van der Waals surface area contributed by atoms with Crippen molar-refractivity contribution in [2.75, 3.05) is 6.61 Å². The molecule has 0 aromatic rings. The van der Waals surface area contributed by atoms with Crippen molar-refractivity contribution >= 4 is 0 Å². The van der Waals surface area contributed by atoms with E-state index in [9.17, 15) is 5.11 Å². The van der Waals surface area contributed by atoms with Gasteiger partial charge in [-0.1, -0.05) is 0 Å². The standard InChI is InChI=1S/C8H16O3/c1-8(2)4-6(10)3-7(5-9)11-8/h6-7,9-10H,3-5H2,1-2H3. The van der Waals surface area contributed by atoms with Crippen LogP contribution in [0.2, 0.25) is 0 Å². The van der Waals surface area contributed by atoms with Gasteiger partial charge in [-0.25, -0.2) is 0 Å². The smallest absolute Gasteiger partial charge is 0.0837 e. The third kappa shape index (κ3) is 2.43. The molecule has 0 aliphatic carbocycles. The van der Waals surface area contributed by atoms with Gasteiger partial charge in [0.1, 0.15) is 0 Å². The summed E-state index contributed by atoms with van der Waals surface area (Å²) < 4.78 is 5.48. The monoisotopic (exact) mass is 160 g/mol. The van der Waals surface area contributed by atoms with E-state index in [2.05, 4.69) is 0 Å². The predicted molar refractivity (Wildman–Crippen MR) is 41.3 cm³/mol. The summed E-state index contributed by atoms with van der Waals surface area (Å²) in [6.45, 7) is 3.86. The van der Waals surface area contributed by atoms with Crippen LogP contribution < -0.4 is 0 Å². The highest BCUT2D eigenvalue weighted by atomic mass is 16.5. The molecule has 1 aliphatic rings. The minimum Gasteiger partial charge on any atom is -0.394 e. The molecule has 1 rings (SSSR count). The van der Waals surface area contributed by atoms with Crippen molar-refractivity contribution in [1.82, 2.24) is 0 Å². The molecular weight excluding hydrogens is 144 g/mol. The summed E-state index contributed by atoms with van der Waals surface area (Å²) in [5, 5.41) is 18.2. The molecule has 0 amide bonds. The van der Waals surface area contributed by atoms with Crippen LogP contribution in [-0.2, 0) is 4.74 Å². The van der Waals surface area contributed by atoms with Crippen LogP contribution in [0.3, 0.4) is 0 Å². The Morgan fingerprint density at radius 2 is 2.18 bits per heavy atom. The minimum absolute atomic E-state index is 0.000486. The summed E-state index contributed by atoms with van der Waals surface area (Å²) in [5.74, 6) is 0. The maximum atomic E-state index is 9.36. The molecule has 2 atom stereocenters. The van der Waals surface area contributed by atoms with Gasteiger partial charge in [0.25, 0.3) is 0 Å². The quantitative estimate of drug-likeness (QED) is 0.580. The van der Waals surface area contributed by atoms with Crippen LogP contribution >= 0.6 is 0 Å². The summed E-state index contributed by atoms with van der Waals surface area (Å²) in [4.78, 5) is 0. The van der Waals surface area contributed by atoms with Crippen LogP contribution in [0.15, 0.2) is 0 Å². The Labute approximate surface area is 67.0 Å².